The summed E-state index contributed by atoms with van der Waals surface area (Å²) in [7, 11) is 1.68. The molecule has 3 unspecified atom stereocenters. The van der Waals surface area contributed by atoms with Crippen molar-refractivity contribution < 1.29 is 4.74 Å². The SMILES string of the molecule is CCC(NC(C)C(C)N)c1ccc(OC)cc1. The Morgan fingerprint density at radius 1 is 1.24 bits per heavy atom. The van der Waals surface area contributed by atoms with Crippen LogP contribution in [0.3, 0.4) is 0 Å². The van der Waals surface area contributed by atoms with Crippen molar-refractivity contribution in [2.24, 2.45) is 5.73 Å². The number of benzene rings is 1. The highest BCUT2D eigenvalue weighted by atomic mass is 16.5. The molecule has 3 atom stereocenters. The van der Waals surface area contributed by atoms with E-state index in [1.807, 2.05) is 19.1 Å². The predicted molar refractivity (Wildman–Crippen MR) is 72.3 cm³/mol. The maximum atomic E-state index is 5.88. The average Bonchev–Trinajstić information content (AvgIpc) is 2.35. The van der Waals surface area contributed by atoms with E-state index in [1.54, 1.807) is 7.11 Å². The van der Waals surface area contributed by atoms with Crippen LogP contribution in [0.5, 0.6) is 5.75 Å². The Kier molecular flexibility index (Phi) is 5.45. The zero-order valence-corrected chi connectivity index (χ0v) is 11.2. The summed E-state index contributed by atoms with van der Waals surface area (Å²) in [5.41, 5.74) is 7.16. The van der Waals surface area contributed by atoms with Crippen LogP contribution in [0.25, 0.3) is 0 Å². The molecule has 3 nitrogen and oxygen atoms in total. The summed E-state index contributed by atoms with van der Waals surface area (Å²) < 4.78 is 5.16. The molecule has 3 heteroatoms. The normalized spacial score (nSPS) is 16.3. The molecule has 0 aromatic heterocycles. The number of methoxy groups -OCH3 is 1. The van der Waals surface area contributed by atoms with Crippen LogP contribution in [0.4, 0.5) is 0 Å². The fourth-order valence-electron chi connectivity index (χ4n) is 1.76. The van der Waals surface area contributed by atoms with Crippen LogP contribution in [0.15, 0.2) is 24.3 Å². The third kappa shape index (κ3) is 4.02. The molecular formula is C14H24N2O. The van der Waals surface area contributed by atoms with Gasteiger partial charge in [0.1, 0.15) is 5.75 Å². The number of ether oxygens (including phenoxy) is 1. The first kappa shape index (κ1) is 14.0. The summed E-state index contributed by atoms with van der Waals surface area (Å²) in [5, 5.41) is 3.55. The molecule has 0 heterocycles. The Hall–Kier alpha value is -1.06. The molecule has 0 saturated carbocycles. The van der Waals surface area contributed by atoms with Crippen molar-refractivity contribution in [3.63, 3.8) is 0 Å². The highest BCUT2D eigenvalue weighted by Crippen LogP contribution is 2.20. The summed E-state index contributed by atoms with van der Waals surface area (Å²) in [4.78, 5) is 0. The van der Waals surface area contributed by atoms with Gasteiger partial charge in [-0.05, 0) is 38.0 Å². The van der Waals surface area contributed by atoms with Gasteiger partial charge in [0.15, 0.2) is 0 Å². The fraction of sp³-hybridized carbons (Fsp3) is 0.571. The van der Waals surface area contributed by atoms with Crippen LogP contribution in [-0.2, 0) is 0 Å². The topological polar surface area (TPSA) is 47.3 Å². The zero-order valence-electron chi connectivity index (χ0n) is 11.2. The van der Waals surface area contributed by atoms with Gasteiger partial charge in [0, 0.05) is 18.1 Å². The molecule has 0 fully saturated rings. The van der Waals surface area contributed by atoms with Gasteiger partial charge in [-0.2, -0.15) is 0 Å². The lowest BCUT2D eigenvalue weighted by molar-refractivity contribution is 0.402. The van der Waals surface area contributed by atoms with Crippen molar-refractivity contribution in [1.29, 1.82) is 0 Å². The largest absolute Gasteiger partial charge is 0.497 e. The molecule has 1 rings (SSSR count). The Labute approximate surface area is 104 Å². The van der Waals surface area contributed by atoms with Crippen molar-refractivity contribution >= 4 is 0 Å². The molecular weight excluding hydrogens is 212 g/mol. The molecule has 0 spiro atoms. The van der Waals surface area contributed by atoms with Crippen molar-refractivity contribution in [1.82, 2.24) is 5.32 Å². The first-order valence-corrected chi connectivity index (χ1v) is 6.24. The van der Waals surface area contributed by atoms with E-state index in [9.17, 15) is 0 Å². The maximum absolute atomic E-state index is 5.88. The van der Waals surface area contributed by atoms with Crippen LogP contribution < -0.4 is 15.8 Å². The van der Waals surface area contributed by atoms with E-state index in [-0.39, 0.29) is 6.04 Å². The number of hydrogen-bond donors (Lipinski definition) is 2. The van der Waals surface area contributed by atoms with Crippen molar-refractivity contribution in [3.8, 4) is 5.75 Å². The molecule has 3 N–H and O–H groups in total. The van der Waals surface area contributed by atoms with Gasteiger partial charge in [-0.25, -0.2) is 0 Å². The Balaban J connectivity index is 2.72. The minimum atomic E-state index is 0.155. The lowest BCUT2D eigenvalue weighted by atomic mass is 10.0. The third-order valence-corrected chi connectivity index (χ3v) is 3.18. The summed E-state index contributed by atoms with van der Waals surface area (Å²) >= 11 is 0. The van der Waals surface area contributed by atoms with Gasteiger partial charge in [-0.15, -0.1) is 0 Å². The maximum Gasteiger partial charge on any atom is 0.118 e. The zero-order chi connectivity index (χ0) is 12.8. The molecule has 0 saturated heterocycles. The van der Waals surface area contributed by atoms with Crippen LogP contribution in [-0.4, -0.2) is 19.2 Å². The van der Waals surface area contributed by atoms with Gasteiger partial charge < -0.3 is 15.8 Å². The van der Waals surface area contributed by atoms with Gasteiger partial charge in [0.25, 0.3) is 0 Å². The second kappa shape index (κ2) is 6.62. The Morgan fingerprint density at radius 2 is 1.82 bits per heavy atom. The van der Waals surface area contributed by atoms with Gasteiger partial charge in [-0.3, -0.25) is 0 Å². The number of rotatable bonds is 6. The van der Waals surface area contributed by atoms with Gasteiger partial charge in [0.2, 0.25) is 0 Å². The smallest absolute Gasteiger partial charge is 0.118 e. The monoisotopic (exact) mass is 236 g/mol. The minimum Gasteiger partial charge on any atom is -0.497 e. The molecule has 0 bridgehead atoms. The van der Waals surface area contributed by atoms with Crippen LogP contribution in [0.1, 0.15) is 38.8 Å². The average molecular weight is 236 g/mol. The van der Waals surface area contributed by atoms with Gasteiger partial charge in [-0.1, -0.05) is 19.1 Å². The lowest BCUT2D eigenvalue weighted by Crippen LogP contribution is -2.42. The molecule has 0 aliphatic heterocycles. The van der Waals surface area contributed by atoms with Crippen molar-refractivity contribution in [3.05, 3.63) is 29.8 Å². The van der Waals surface area contributed by atoms with E-state index in [1.165, 1.54) is 5.56 Å². The second-order valence-corrected chi connectivity index (χ2v) is 4.55. The summed E-state index contributed by atoms with van der Waals surface area (Å²) in [6, 6.07) is 9.01. The summed E-state index contributed by atoms with van der Waals surface area (Å²) in [5.74, 6) is 0.892. The molecule has 96 valence electrons. The van der Waals surface area contributed by atoms with Crippen molar-refractivity contribution in [2.75, 3.05) is 7.11 Å². The van der Waals surface area contributed by atoms with E-state index < -0.39 is 0 Å². The predicted octanol–water partition coefficient (Wildman–Crippen LogP) is 2.47. The fourth-order valence-corrected chi connectivity index (χ4v) is 1.76. The van der Waals surface area contributed by atoms with Gasteiger partial charge >= 0.3 is 0 Å². The first-order valence-electron chi connectivity index (χ1n) is 6.24. The molecule has 0 aliphatic rings. The Bertz CT molecular complexity index is 321. The minimum absolute atomic E-state index is 0.155. The standard InChI is InChI=1S/C14H24N2O/c1-5-14(16-11(3)10(2)15)12-6-8-13(17-4)9-7-12/h6-11,14,16H,5,15H2,1-4H3. The van der Waals surface area contributed by atoms with E-state index in [0.29, 0.717) is 12.1 Å². The quantitative estimate of drug-likeness (QED) is 0.797. The van der Waals surface area contributed by atoms with Crippen molar-refractivity contribution in [2.45, 2.75) is 45.3 Å². The second-order valence-electron chi connectivity index (χ2n) is 4.55. The highest BCUT2D eigenvalue weighted by molar-refractivity contribution is 5.29. The third-order valence-electron chi connectivity index (χ3n) is 3.18. The van der Waals surface area contributed by atoms with Crippen LogP contribution >= 0.6 is 0 Å². The summed E-state index contributed by atoms with van der Waals surface area (Å²) in [6.07, 6.45) is 1.05. The van der Waals surface area contributed by atoms with E-state index in [0.717, 1.165) is 12.2 Å². The summed E-state index contributed by atoms with van der Waals surface area (Å²) in [6.45, 7) is 6.32. The molecule has 17 heavy (non-hydrogen) atoms. The first-order chi connectivity index (χ1) is 8.08. The molecule has 0 aliphatic carbocycles. The van der Waals surface area contributed by atoms with E-state index >= 15 is 0 Å². The number of hydrogen-bond acceptors (Lipinski definition) is 3. The highest BCUT2D eigenvalue weighted by Gasteiger charge is 2.14. The number of nitrogens with one attached hydrogen (secondary N) is 1. The Morgan fingerprint density at radius 3 is 2.24 bits per heavy atom. The van der Waals surface area contributed by atoms with Crippen LogP contribution in [0, 0.1) is 0 Å². The van der Waals surface area contributed by atoms with Gasteiger partial charge in [0.05, 0.1) is 7.11 Å². The molecule has 0 amide bonds. The van der Waals surface area contributed by atoms with E-state index in [4.69, 9.17) is 10.5 Å². The molecule has 1 aromatic carbocycles. The lowest BCUT2D eigenvalue weighted by Gasteiger charge is -2.25. The molecule has 1 aromatic rings. The molecule has 0 radical (unpaired) electrons. The number of nitrogens with two attached hydrogens (primary N) is 1. The van der Waals surface area contributed by atoms with E-state index in [2.05, 4.69) is 31.3 Å². The van der Waals surface area contributed by atoms with Crippen LogP contribution in [0.2, 0.25) is 0 Å².